The van der Waals surface area contributed by atoms with Crippen LogP contribution in [-0.2, 0) is 4.74 Å². The van der Waals surface area contributed by atoms with Crippen LogP contribution in [0.2, 0.25) is 0 Å². The van der Waals surface area contributed by atoms with E-state index in [1.165, 1.54) is 0 Å². The van der Waals surface area contributed by atoms with E-state index in [0.29, 0.717) is 12.7 Å². The Balaban J connectivity index is 1.94. The highest BCUT2D eigenvalue weighted by Gasteiger charge is 2.30. The molecule has 0 saturated heterocycles. The number of rotatable bonds is 4. The molecule has 17 heavy (non-hydrogen) atoms. The molecule has 1 aromatic rings. The Kier molecular flexibility index (Phi) is 3.57. The highest BCUT2D eigenvalue weighted by atomic mass is 19.2. The van der Waals surface area contributed by atoms with E-state index in [1.54, 1.807) is 0 Å². The molecule has 0 unspecified atom stereocenters. The summed E-state index contributed by atoms with van der Waals surface area (Å²) in [4.78, 5) is 0. The minimum atomic E-state index is -1.17. The van der Waals surface area contributed by atoms with Gasteiger partial charge in [-0.2, -0.15) is 0 Å². The molecule has 0 amide bonds. The molecule has 5 heteroatoms. The van der Waals surface area contributed by atoms with Gasteiger partial charge in [0.15, 0.2) is 11.6 Å². The van der Waals surface area contributed by atoms with Gasteiger partial charge in [0.2, 0.25) is 0 Å². The number of halogens is 3. The Morgan fingerprint density at radius 2 is 1.82 bits per heavy atom. The van der Waals surface area contributed by atoms with Crippen LogP contribution in [0.1, 0.15) is 19.8 Å². The van der Waals surface area contributed by atoms with Gasteiger partial charge in [-0.3, -0.25) is 0 Å². The van der Waals surface area contributed by atoms with Crippen LogP contribution in [0.15, 0.2) is 12.1 Å². The van der Waals surface area contributed by atoms with E-state index in [1.807, 2.05) is 6.92 Å². The molecule has 1 saturated carbocycles. The van der Waals surface area contributed by atoms with Gasteiger partial charge in [0.05, 0.1) is 11.8 Å². The van der Waals surface area contributed by atoms with Gasteiger partial charge >= 0.3 is 0 Å². The zero-order valence-corrected chi connectivity index (χ0v) is 9.47. The minimum Gasteiger partial charge on any atom is -0.380 e. The normalized spacial score (nSPS) is 23.3. The zero-order valence-electron chi connectivity index (χ0n) is 9.47. The third-order valence-electron chi connectivity index (χ3n) is 2.87. The van der Waals surface area contributed by atoms with E-state index < -0.39 is 17.5 Å². The number of hydrogen-bond acceptors (Lipinski definition) is 2. The molecule has 1 N–H and O–H groups in total. The Morgan fingerprint density at radius 3 is 2.47 bits per heavy atom. The van der Waals surface area contributed by atoms with Gasteiger partial charge in [0.25, 0.3) is 0 Å². The smallest absolute Gasteiger partial charge is 0.161 e. The Bertz CT molecular complexity index is 405. The number of anilines is 1. The third kappa shape index (κ3) is 2.72. The molecule has 0 atom stereocenters. The molecule has 1 fully saturated rings. The fraction of sp³-hybridized carbons (Fsp3) is 0.500. The molecule has 2 nitrogen and oxygen atoms in total. The molecule has 0 heterocycles. The van der Waals surface area contributed by atoms with Crippen molar-refractivity contribution < 1.29 is 17.9 Å². The molecule has 1 aromatic carbocycles. The van der Waals surface area contributed by atoms with E-state index in [2.05, 4.69) is 5.32 Å². The number of hydrogen-bond donors (Lipinski definition) is 1. The number of nitrogens with one attached hydrogen (secondary N) is 1. The van der Waals surface area contributed by atoms with Crippen molar-refractivity contribution in [1.82, 2.24) is 0 Å². The number of benzene rings is 1. The SMILES string of the molecule is CCOC1CC(Nc2cc(F)c(F)cc2F)C1. The summed E-state index contributed by atoms with van der Waals surface area (Å²) < 4.78 is 44.3. The molecule has 1 aliphatic rings. The molecular weight excluding hydrogens is 231 g/mol. The van der Waals surface area contributed by atoms with Crippen molar-refractivity contribution in [3.63, 3.8) is 0 Å². The zero-order chi connectivity index (χ0) is 12.4. The van der Waals surface area contributed by atoms with Gasteiger partial charge in [0.1, 0.15) is 5.82 Å². The molecule has 1 aliphatic carbocycles. The van der Waals surface area contributed by atoms with Crippen molar-refractivity contribution in [2.24, 2.45) is 0 Å². The maximum absolute atomic E-state index is 13.3. The van der Waals surface area contributed by atoms with Crippen LogP contribution in [0, 0.1) is 17.5 Å². The molecule has 2 rings (SSSR count). The first-order valence-corrected chi connectivity index (χ1v) is 5.62. The van der Waals surface area contributed by atoms with Crippen molar-refractivity contribution in [1.29, 1.82) is 0 Å². The van der Waals surface area contributed by atoms with Gasteiger partial charge in [-0.05, 0) is 19.8 Å². The third-order valence-corrected chi connectivity index (χ3v) is 2.87. The highest BCUT2D eigenvalue weighted by molar-refractivity contribution is 5.46. The molecule has 0 aliphatic heterocycles. The monoisotopic (exact) mass is 245 g/mol. The summed E-state index contributed by atoms with van der Waals surface area (Å²) in [6.07, 6.45) is 1.70. The van der Waals surface area contributed by atoms with E-state index in [0.717, 1.165) is 18.9 Å². The average Bonchev–Trinajstić information content (AvgIpc) is 2.22. The van der Waals surface area contributed by atoms with Crippen LogP contribution < -0.4 is 5.32 Å². The van der Waals surface area contributed by atoms with Crippen LogP contribution in [0.3, 0.4) is 0 Å². The van der Waals surface area contributed by atoms with Crippen LogP contribution in [0.5, 0.6) is 0 Å². The summed E-state index contributed by atoms with van der Waals surface area (Å²) >= 11 is 0. The highest BCUT2D eigenvalue weighted by Crippen LogP contribution is 2.28. The maximum Gasteiger partial charge on any atom is 0.161 e. The van der Waals surface area contributed by atoms with E-state index in [-0.39, 0.29) is 17.8 Å². The lowest BCUT2D eigenvalue weighted by atomic mass is 9.89. The second-order valence-electron chi connectivity index (χ2n) is 4.14. The van der Waals surface area contributed by atoms with Gasteiger partial charge < -0.3 is 10.1 Å². The predicted molar refractivity (Wildman–Crippen MR) is 58.4 cm³/mol. The lowest BCUT2D eigenvalue weighted by Gasteiger charge is -2.36. The molecule has 0 bridgehead atoms. The van der Waals surface area contributed by atoms with Gasteiger partial charge in [-0.1, -0.05) is 0 Å². The summed E-state index contributed by atoms with van der Waals surface area (Å²) in [7, 11) is 0. The van der Waals surface area contributed by atoms with Crippen LogP contribution >= 0.6 is 0 Å². The minimum absolute atomic E-state index is 0.00356. The van der Waals surface area contributed by atoms with Crippen molar-refractivity contribution in [2.75, 3.05) is 11.9 Å². The molecule has 94 valence electrons. The summed E-state index contributed by atoms with van der Waals surface area (Å²) in [5.41, 5.74) is 0.00356. The first-order valence-electron chi connectivity index (χ1n) is 5.62. The second kappa shape index (κ2) is 4.96. The fourth-order valence-corrected chi connectivity index (χ4v) is 1.91. The fourth-order valence-electron chi connectivity index (χ4n) is 1.91. The molecular formula is C12H14F3NO. The molecule has 0 aromatic heterocycles. The summed E-state index contributed by atoms with van der Waals surface area (Å²) in [5, 5.41) is 2.84. The second-order valence-corrected chi connectivity index (χ2v) is 4.14. The number of ether oxygens (including phenoxy) is 1. The summed E-state index contributed by atoms with van der Waals surface area (Å²) in [5.74, 6) is -2.99. The quantitative estimate of drug-likeness (QED) is 0.823. The largest absolute Gasteiger partial charge is 0.380 e. The maximum atomic E-state index is 13.3. The van der Waals surface area contributed by atoms with E-state index in [4.69, 9.17) is 4.74 Å². The standard InChI is InChI=1S/C12H14F3NO/c1-2-17-8-3-7(4-8)16-12-6-10(14)9(13)5-11(12)15/h5-8,16H,2-4H2,1H3. The lowest BCUT2D eigenvalue weighted by molar-refractivity contribution is 0.00292. The first kappa shape index (κ1) is 12.2. The van der Waals surface area contributed by atoms with Crippen molar-refractivity contribution in [3.05, 3.63) is 29.6 Å². The summed E-state index contributed by atoms with van der Waals surface area (Å²) in [6.45, 7) is 2.56. The summed E-state index contributed by atoms with van der Waals surface area (Å²) in [6, 6.07) is 1.46. The van der Waals surface area contributed by atoms with Crippen LogP contribution in [0.4, 0.5) is 18.9 Å². The lowest BCUT2D eigenvalue weighted by Crippen LogP contribution is -2.41. The molecule has 0 spiro atoms. The van der Waals surface area contributed by atoms with E-state index >= 15 is 0 Å². The predicted octanol–water partition coefficient (Wildman–Crippen LogP) is 3.08. The van der Waals surface area contributed by atoms with Gasteiger partial charge in [-0.15, -0.1) is 0 Å². The Morgan fingerprint density at radius 1 is 1.18 bits per heavy atom. The van der Waals surface area contributed by atoms with Crippen molar-refractivity contribution in [2.45, 2.75) is 31.9 Å². The molecule has 0 radical (unpaired) electrons. The topological polar surface area (TPSA) is 21.3 Å². The Hall–Kier alpha value is -1.23. The van der Waals surface area contributed by atoms with Crippen molar-refractivity contribution in [3.8, 4) is 0 Å². The van der Waals surface area contributed by atoms with Crippen LogP contribution in [-0.4, -0.2) is 18.8 Å². The van der Waals surface area contributed by atoms with Crippen LogP contribution in [0.25, 0.3) is 0 Å². The van der Waals surface area contributed by atoms with Gasteiger partial charge in [-0.25, -0.2) is 13.2 Å². The van der Waals surface area contributed by atoms with Crippen molar-refractivity contribution >= 4 is 5.69 Å². The van der Waals surface area contributed by atoms with E-state index in [9.17, 15) is 13.2 Å². The van der Waals surface area contributed by atoms with Gasteiger partial charge in [0, 0.05) is 24.8 Å². The average molecular weight is 245 g/mol. The first-order chi connectivity index (χ1) is 8.10. The Labute approximate surface area is 97.8 Å².